The summed E-state index contributed by atoms with van der Waals surface area (Å²) in [6.07, 6.45) is 3.24. The van der Waals surface area contributed by atoms with E-state index in [-0.39, 0.29) is 6.04 Å². The first-order valence-electron chi connectivity index (χ1n) is 3.73. The first kappa shape index (κ1) is 7.24. The molecule has 0 bridgehead atoms. The van der Waals surface area contributed by atoms with Gasteiger partial charge in [0.2, 0.25) is 0 Å². The maximum atomic E-state index is 5.64. The molecule has 0 fully saturated rings. The summed E-state index contributed by atoms with van der Waals surface area (Å²) < 4.78 is 5.40. The number of rotatable bonds is 1. The number of hydrogen-bond acceptors (Lipinski definition) is 4. The topological polar surface area (TPSA) is 64.9 Å². The Balaban J connectivity index is 2.62. The molecular weight excluding hydrogens is 154 g/mol. The lowest BCUT2D eigenvalue weighted by Crippen LogP contribution is -2.02. The van der Waals surface area contributed by atoms with E-state index in [9.17, 15) is 0 Å². The summed E-state index contributed by atoms with van der Waals surface area (Å²) in [5, 5.41) is 8.38. The Kier molecular flexibility index (Phi) is 1.55. The van der Waals surface area contributed by atoms with Gasteiger partial charge in [-0.3, -0.25) is 0 Å². The van der Waals surface area contributed by atoms with E-state index in [1.165, 1.54) is 0 Å². The molecule has 0 saturated heterocycles. The molecule has 4 heteroatoms. The maximum Gasteiger partial charge on any atom is 0.156 e. The van der Waals surface area contributed by atoms with Crippen LogP contribution < -0.4 is 5.73 Å². The smallest absolute Gasteiger partial charge is 0.156 e. The first-order valence-corrected chi connectivity index (χ1v) is 3.73. The Morgan fingerprint density at radius 1 is 1.42 bits per heavy atom. The van der Waals surface area contributed by atoms with Gasteiger partial charge in [0.1, 0.15) is 5.76 Å². The summed E-state index contributed by atoms with van der Waals surface area (Å²) in [5.41, 5.74) is 6.38. The highest BCUT2D eigenvalue weighted by atomic mass is 16.3. The number of furan rings is 1. The summed E-state index contributed by atoms with van der Waals surface area (Å²) >= 11 is 0. The summed E-state index contributed by atoms with van der Waals surface area (Å²) in [7, 11) is 0. The van der Waals surface area contributed by atoms with E-state index in [1.54, 1.807) is 12.4 Å². The lowest BCUT2D eigenvalue weighted by molar-refractivity contribution is 0.512. The molecule has 12 heavy (non-hydrogen) atoms. The van der Waals surface area contributed by atoms with Gasteiger partial charge in [0.05, 0.1) is 18.4 Å². The molecule has 2 aromatic rings. The molecule has 2 aromatic heterocycles. The van der Waals surface area contributed by atoms with Crippen molar-refractivity contribution in [2.45, 2.75) is 13.0 Å². The molecule has 2 heterocycles. The van der Waals surface area contributed by atoms with E-state index in [0.29, 0.717) is 0 Å². The van der Waals surface area contributed by atoms with Gasteiger partial charge in [-0.15, -0.1) is 0 Å². The lowest BCUT2D eigenvalue weighted by atomic mass is 10.2. The number of fused-ring (bicyclic) bond motifs is 1. The monoisotopic (exact) mass is 163 g/mol. The van der Waals surface area contributed by atoms with Crippen molar-refractivity contribution in [1.82, 2.24) is 10.2 Å². The largest absolute Gasteiger partial charge is 0.458 e. The molecule has 1 atom stereocenters. The minimum atomic E-state index is -0.0857. The first-order chi connectivity index (χ1) is 5.77. The summed E-state index contributed by atoms with van der Waals surface area (Å²) in [6, 6.07) is 1.80. The van der Waals surface area contributed by atoms with Crippen molar-refractivity contribution in [2.75, 3.05) is 0 Å². The highest BCUT2D eigenvalue weighted by Gasteiger charge is 2.06. The Morgan fingerprint density at radius 3 is 2.83 bits per heavy atom. The molecule has 4 nitrogen and oxygen atoms in total. The van der Waals surface area contributed by atoms with Gasteiger partial charge in [0.25, 0.3) is 0 Å². The zero-order valence-corrected chi connectivity index (χ0v) is 6.69. The summed E-state index contributed by atoms with van der Waals surface area (Å²) in [6.45, 7) is 1.87. The molecule has 0 aliphatic rings. The molecule has 2 N–H and O–H groups in total. The lowest BCUT2D eigenvalue weighted by Gasteiger charge is -1.96. The molecule has 1 unspecified atom stereocenters. The van der Waals surface area contributed by atoms with Crippen LogP contribution in [0.1, 0.15) is 18.7 Å². The van der Waals surface area contributed by atoms with Crippen molar-refractivity contribution in [1.29, 1.82) is 0 Å². The molecule has 0 saturated carbocycles. The third-order valence-corrected chi connectivity index (χ3v) is 1.70. The van der Waals surface area contributed by atoms with Gasteiger partial charge in [-0.1, -0.05) is 0 Å². The van der Waals surface area contributed by atoms with Crippen molar-refractivity contribution >= 4 is 11.0 Å². The third-order valence-electron chi connectivity index (χ3n) is 1.70. The Bertz CT molecular complexity index is 361. The molecule has 0 aliphatic heterocycles. The van der Waals surface area contributed by atoms with E-state index < -0.39 is 0 Å². The third kappa shape index (κ3) is 1.06. The van der Waals surface area contributed by atoms with Crippen molar-refractivity contribution in [3.8, 4) is 0 Å². The SMILES string of the molecule is CC(N)c1cc2cnncc2o1. The van der Waals surface area contributed by atoms with Crippen LogP contribution in [-0.2, 0) is 0 Å². The fourth-order valence-electron chi connectivity index (χ4n) is 1.05. The van der Waals surface area contributed by atoms with Gasteiger partial charge < -0.3 is 10.2 Å². The van der Waals surface area contributed by atoms with Crippen molar-refractivity contribution in [2.24, 2.45) is 5.73 Å². The molecule has 0 aromatic carbocycles. The average molecular weight is 163 g/mol. The minimum absolute atomic E-state index is 0.0857. The molecular formula is C8H9N3O. The van der Waals surface area contributed by atoms with Gasteiger partial charge in [-0.05, 0) is 13.0 Å². The van der Waals surface area contributed by atoms with Crippen LogP contribution in [0.15, 0.2) is 22.9 Å². The van der Waals surface area contributed by atoms with E-state index in [2.05, 4.69) is 10.2 Å². The number of nitrogens with zero attached hydrogens (tertiary/aromatic N) is 2. The Morgan fingerprint density at radius 2 is 2.17 bits per heavy atom. The van der Waals surface area contributed by atoms with Crippen LogP contribution in [0.25, 0.3) is 11.0 Å². The van der Waals surface area contributed by atoms with Crippen LogP contribution in [0.5, 0.6) is 0 Å². The molecule has 0 radical (unpaired) electrons. The van der Waals surface area contributed by atoms with Crippen LogP contribution in [0.2, 0.25) is 0 Å². The van der Waals surface area contributed by atoms with Gasteiger partial charge in [-0.25, -0.2) is 0 Å². The average Bonchev–Trinajstić information content (AvgIpc) is 2.46. The zero-order chi connectivity index (χ0) is 8.55. The van der Waals surface area contributed by atoms with E-state index in [0.717, 1.165) is 16.7 Å². The molecule has 2 rings (SSSR count). The number of aromatic nitrogens is 2. The van der Waals surface area contributed by atoms with E-state index >= 15 is 0 Å². The maximum absolute atomic E-state index is 5.64. The minimum Gasteiger partial charge on any atom is -0.458 e. The second-order valence-electron chi connectivity index (χ2n) is 2.75. The molecule has 0 amide bonds. The highest BCUT2D eigenvalue weighted by molar-refractivity contribution is 5.75. The van der Waals surface area contributed by atoms with Crippen LogP contribution >= 0.6 is 0 Å². The number of hydrogen-bond donors (Lipinski definition) is 1. The fraction of sp³-hybridized carbons (Fsp3) is 0.250. The molecule has 62 valence electrons. The van der Waals surface area contributed by atoms with Crippen LogP contribution in [0, 0.1) is 0 Å². The van der Waals surface area contributed by atoms with Crippen molar-refractivity contribution in [3.63, 3.8) is 0 Å². The van der Waals surface area contributed by atoms with E-state index in [4.69, 9.17) is 10.2 Å². The second-order valence-corrected chi connectivity index (χ2v) is 2.75. The molecule has 0 aliphatic carbocycles. The van der Waals surface area contributed by atoms with Gasteiger partial charge in [0.15, 0.2) is 5.58 Å². The standard InChI is InChI=1S/C8H9N3O/c1-5(9)7-2-6-3-10-11-4-8(6)12-7/h2-5H,9H2,1H3. The van der Waals surface area contributed by atoms with Gasteiger partial charge in [-0.2, -0.15) is 10.2 Å². The summed E-state index contributed by atoms with van der Waals surface area (Å²) in [4.78, 5) is 0. The summed E-state index contributed by atoms with van der Waals surface area (Å²) in [5.74, 6) is 0.764. The van der Waals surface area contributed by atoms with Crippen molar-refractivity contribution in [3.05, 3.63) is 24.2 Å². The highest BCUT2D eigenvalue weighted by Crippen LogP contribution is 2.20. The van der Waals surface area contributed by atoms with Gasteiger partial charge >= 0.3 is 0 Å². The van der Waals surface area contributed by atoms with Crippen molar-refractivity contribution < 1.29 is 4.42 Å². The predicted octanol–water partition coefficient (Wildman–Crippen LogP) is 1.24. The molecule has 0 spiro atoms. The predicted molar refractivity (Wildman–Crippen MR) is 44.4 cm³/mol. The Labute approximate surface area is 69.4 Å². The quantitative estimate of drug-likeness (QED) is 0.686. The van der Waals surface area contributed by atoms with Crippen LogP contribution in [0.4, 0.5) is 0 Å². The van der Waals surface area contributed by atoms with E-state index in [1.807, 2.05) is 13.0 Å². The van der Waals surface area contributed by atoms with Gasteiger partial charge in [0, 0.05) is 5.39 Å². The normalized spacial score (nSPS) is 13.5. The Hall–Kier alpha value is -1.42. The van der Waals surface area contributed by atoms with Crippen LogP contribution in [-0.4, -0.2) is 10.2 Å². The fourth-order valence-corrected chi connectivity index (χ4v) is 1.05. The van der Waals surface area contributed by atoms with Crippen LogP contribution in [0.3, 0.4) is 0 Å². The second kappa shape index (κ2) is 2.57. The number of nitrogens with two attached hydrogens (primary N) is 1. The zero-order valence-electron chi connectivity index (χ0n) is 6.69.